The molecule has 1 amide bonds. The van der Waals surface area contributed by atoms with Crippen LogP contribution >= 0.6 is 24.6 Å². The van der Waals surface area contributed by atoms with E-state index in [1.807, 2.05) is 12.1 Å². The predicted molar refractivity (Wildman–Crippen MR) is 133 cm³/mol. The molecular formula is C24H35ClN4OS. The molecule has 0 aromatic heterocycles. The maximum atomic E-state index is 12.8. The minimum Gasteiger partial charge on any atom is -0.369 e. The lowest BCUT2D eigenvalue weighted by Gasteiger charge is -2.56. The van der Waals surface area contributed by atoms with Gasteiger partial charge in [-0.2, -0.15) is 0 Å². The molecule has 4 aliphatic carbocycles. The molecular weight excluding hydrogens is 428 g/mol. The number of amides is 1. The summed E-state index contributed by atoms with van der Waals surface area (Å²) < 4.78 is 0. The van der Waals surface area contributed by atoms with Gasteiger partial charge < -0.3 is 20.4 Å². The van der Waals surface area contributed by atoms with Crippen LogP contribution in [0.15, 0.2) is 24.3 Å². The van der Waals surface area contributed by atoms with Crippen LogP contribution in [-0.4, -0.2) is 49.1 Å². The van der Waals surface area contributed by atoms with Gasteiger partial charge in [-0.15, -0.1) is 12.4 Å². The summed E-state index contributed by atoms with van der Waals surface area (Å²) in [7, 11) is 2.17. The van der Waals surface area contributed by atoms with Gasteiger partial charge in [0.25, 0.3) is 0 Å². The van der Waals surface area contributed by atoms with Crippen molar-refractivity contribution in [2.24, 2.45) is 23.2 Å². The summed E-state index contributed by atoms with van der Waals surface area (Å²) in [6.45, 7) is 4.31. The van der Waals surface area contributed by atoms with E-state index >= 15 is 0 Å². The maximum Gasteiger partial charge on any atom is 0.226 e. The molecule has 4 bridgehead atoms. The molecule has 6 rings (SSSR count). The van der Waals surface area contributed by atoms with Crippen LogP contribution in [0.2, 0.25) is 0 Å². The average molecular weight is 463 g/mol. The monoisotopic (exact) mass is 462 g/mol. The van der Waals surface area contributed by atoms with Crippen molar-refractivity contribution in [1.29, 1.82) is 0 Å². The third-order valence-corrected chi connectivity index (χ3v) is 8.15. The Kier molecular flexibility index (Phi) is 6.80. The minimum absolute atomic E-state index is 0. The SMILES string of the molecule is CN1CCN(c2ccc(NC(=S)NC(=O)CC34CC5CC(CC(C5)C3)C4)cc2)CC1.Cl. The Morgan fingerprint density at radius 2 is 1.55 bits per heavy atom. The molecule has 1 aromatic carbocycles. The van der Waals surface area contributed by atoms with E-state index in [4.69, 9.17) is 12.2 Å². The molecule has 0 radical (unpaired) electrons. The molecule has 1 aromatic rings. The number of carbonyl (C=O) groups is 1. The summed E-state index contributed by atoms with van der Waals surface area (Å²) in [6, 6.07) is 8.36. The van der Waals surface area contributed by atoms with Crippen LogP contribution in [0.5, 0.6) is 0 Å². The van der Waals surface area contributed by atoms with Crippen LogP contribution in [0.4, 0.5) is 11.4 Å². The molecule has 0 unspecified atom stereocenters. The number of halogens is 1. The first-order valence-electron chi connectivity index (χ1n) is 11.6. The van der Waals surface area contributed by atoms with Gasteiger partial charge in [-0.3, -0.25) is 4.79 Å². The second kappa shape index (κ2) is 9.24. The molecule has 4 saturated carbocycles. The topological polar surface area (TPSA) is 47.6 Å². The Morgan fingerprint density at radius 1 is 1.00 bits per heavy atom. The summed E-state index contributed by atoms with van der Waals surface area (Å²) in [5, 5.41) is 6.56. The molecule has 5 nitrogen and oxygen atoms in total. The summed E-state index contributed by atoms with van der Waals surface area (Å²) in [6.07, 6.45) is 8.61. The maximum absolute atomic E-state index is 12.8. The van der Waals surface area contributed by atoms with E-state index in [-0.39, 0.29) is 23.7 Å². The van der Waals surface area contributed by atoms with Crippen molar-refractivity contribution in [2.75, 3.05) is 43.4 Å². The van der Waals surface area contributed by atoms with Crippen molar-refractivity contribution in [1.82, 2.24) is 10.2 Å². The van der Waals surface area contributed by atoms with E-state index in [2.05, 4.69) is 39.6 Å². The van der Waals surface area contributed by atoms with Gasteiger partial charge in [0, 0.05) is 44.0 Å². The number of benzene rings is 1. The smallest absolute Gasteiger partial charge is 0.226 e. The standard InChI is InChI=1S/C24H34N4OS.ClH/c1-27-6-8-28(9-7-27)21-4-2-20(3-5-21)25-23(30)26-22(29)16-24-13-17-10-18(14-24)12-19(11-17)15-24;/h2-5,17-19H,6-16H2,1H3,(H2,25,26,29,30);1H. The summed E-state index contributed by atoms with van der Waals surface area (Å²) >= 11 is 5.43. The van der Waals surface area contributed by atoms with Crippen molar-refractivity contribution in [3.63, 3.8) is 0 Å². The highest BCUT2D eigenvalue weighted by atomic mass is 35.5. The van der Waals surface area contributed by atoms with E-state index < -0.39 is 0 Å². The Labute approximate surface area is 197 Å². The lowest BCUT2D eigenvalue weighted by Crippen LogP contribution is -2.48. The van der Waals surface area contributed by atoms with Gasteiger partial charge in [-0.05, 0) is 105 Å². The molecule has 5 aliphatic rings. The Bertz CT molecular complexity index is 771. The number of rotatable bonds is 4. The van der Waals surface area contributed by atoms with E-state index in [0.717, 1.165) is 49.6 Å². The van der Waals surface area contributed by atoms with Gasteiger partial charge in [0.2, 0.25) is 5.91 Å². The van der Waals surface area contributed by atoms with Gasteiger partial charge in [0.05, 0.1) is 0 Å². The number of carbonyl (C=O) groups excluding carboxylic acids is 1. The molecule has 1 saturated heterocycles. The number of hydrogen-bond donors (Lipinski definition) is 2. The van der Waals surface area contributed by atoms with Crippen LogP contribution in [0.1, 0.15) is 44.9 Å². The van der Waals surface area contributed by atoms with Crippen LogP contribution in [-0.2, 0) is 4.79 Å². The minimum atomic E-state index is 0. The fraction of sp³-hybridized carbons (Fsp3) is 0.667. The van der Waals surface area contributed by atoms with Crippen molar-refractivity contribution >= 4 is 47.0 Å². The average Bonchev–Trinajstić information content (AvgIpc) is 2.67. The summed E-state index contributed by atoms with van der Waals surface area (Å²) in [5.74, 6) is 2.69. The third-order valence-electron chi connectivity index (χ3n) is 7.95. The number of likely N-dealkylation sites (N-methyl/N-ethyl adjacent to an activating group) is 1. The van der Waals surface area contributed by atoms with E-state index in [1.54, 1.807) is 0 Å². The largest absolute Gasteiger partial charge is 0.369 e. The molecule has 2 N–H and O–H groups in total. The molecule has 31 heavy (non-hydrogen) atoms. The molecule has 0 spiro atoms. The first-order chi connectivity index (χ1) is 14.5. The van der Waals surface area contributed by atoms with Gasteiger partial charge in [-0.25, -0.2) is 0 Å². The zero-order valence-corrected chi connectivity index (χ0v) is 20.1. The van der Waals surface area contributed by atoms with Gasteiger partial charge >= 0.3 is 0 Å². The Hall–Kier alpha value is -1.37. The molecule has 7 heteroatoms. The predicted octanol–water partition coefficient (Wildman–Crippen LogP) is 4.28. The highest BCUT2D eigenvalue weighted by Crippen LogP contribution is 2.61. The van der Waals surface area contributed by atoms with Crippen LogP contribution in [0.25, 0.3) is 0 Å². The summed E-state index contributed by atoms with van der Waals surface area (Å²) in [4.78, 5) is 17.5. The first kappa shape index (κ1) is 22.8. The quantitative estimate of drug-likeness (QED) is 0.654. The number of piperazine rings is 1. The van der Waals surface area contributed by atoms with Crippen LogP contribution in [0, 0.1) is 23.2 Å². The number of hydrogen-bond acceptors (Lipinski definition) is 4. The van der Waals surface area contributed by atoms with Crippen LogP contribution in [0.3, 0.4) is 0 Å². The van der Waals surface area contributed by atoms with Crippen molar-refractivity contribution < 1.29 is 4.79 Å². The summed E-state index contributed by atoms with van der Waals surface area (Å²) in [5.41, 5.74) is 2.41. The van der Waals surface area contributed by atoms with Gasteiger partial charge in [0.1, 0.15) is 0 Å². The Morgan fingerprint density at radius 3 is 2.10 bits per heavy atom. The van der Waals surface area contributed by atoms with Crippen molar-refractivity contribution in [2.45, 2.75) is 44.9 Å². The number of nitrogens with one attached hydrogen (secondary N) is 2. The van der Waals surface area contributed by atoms with Gasteiger partial charge in [-0.1, -0.05) is 0 Å². The fourth-order valence-corrected chi connectivity index (χ4v) is 7.23. The number of nitrogens with zero attached hydrogens (tertiary/aromatic N) is 2. The normalized spacial score (nSPS) is 31.8. The molecule has 5 fully saturated rings. The first-order valence-corrected chi connectivity index (χ1v) is 12.0. The van der Waals surface area contributed by atoms with Crippen molar-refractivity contribution in [3.05, 3.63) is 24.3 Å². The third kappa shape index (κ3) is 5.18. The van der Waals surface area contributed by atoms with Gasteiger partial charge in [0.15, 0.2) is 5.11 Å². The van der Waals surface area contributed by atoms with E-state index in [9.17, 15) is 4.79 Å². The van der Waals surface area contributed by atoms with E-state index in [0.29, 0.717) is 11.5 Å². The zero-order chi connectivity index (χ0) is 20.7. The Balaban J connectivity index is 0.00000231. The van der Waals surface area contributed by atoms with Crippen LogP contribution < -0.4 is 15.5 Å². The van der Waals surface area contributed by atoms with Crippen molar-refractivity contribution in [3.8, 4) is 0 Å². The molecule has 170 valence electrons. The molecule has 1 aliphatic heterocycles. The van der Waals surface area contributed by atoms with E-state index in [1.165, 1.54) is 44.2 Å². The molecule has 0 atom stereocenters. The highest BCUT2D eigenvalue weighted by molar-refractivity contribution is 7.80. The fourth-order valence-electron chi connectivity index (χ4n) is 7.00. The highest BCUT2D eigenvalue weighted by Gasteiger charge is 2.51. The second-order valence-electron chi connectivity index (χ2n) is 10.4. The zero-order valence-electron chi connectivity index (χ0n) is 18.4. The second-order valence-corrected chi connectivity index (χ2v) is 10.8. The lowest BCUT2D eigenvalue weighted by molar-refractivity contribution is -0.127. The number of anilines is 2. The lowest BCUT2D eigenvalue weighted by atomic mass is 9.49. The molecule has 1 heterocycles. The number of thiocarbonyl (C=S) groups is 1.